The number of nitrogens with one attached hydrogen (secondary N) is 1. The van der Waals surface area contributed by atoms with E-state index < -0.39 is 29.7 Å². The van der Waals surface area contributed by atoms with Gasteiger partial charge in [0.25, 0.3) is 11.8 Å². The second kappa shape index (κ2) is 17.3. The van der Waals surface area contributed by atoms with Crippen LogP contribution in [-0.2, 0) is 9.59 Å². The third-order valence-corrected chi connectivity index (χ3v) is 12.8. The number of methoxy groups -OCH3 is 1. The van der Waals surface area contributed by atoms with E-state index in [1.807, 2.05) is 6.07 Å². The predicted molar refractivity (Wildman–Crippen MR) is 218 cm³/mol. The highest BCUT2D eigenvalue weighted by Gasteiger charge is 2.46. The minimum Gasteiger partial charge on any atom is -0.496 e. The zero-order valence-corrected chi connectivity index (χ0v) is 33.8. The standard InChI is InChI=1S/C43H47ClN8O7/c1-45-33-8-7-30(24-32(33)44)59-29-5-3-26(4-6-29)21-36(53)34-9-11-38(48-47-34)51-15-13-27(14-16-51)25-49-17-19-50(20-18-49)28-22-31-40(37(23-28)58-2)43(57)52(42(31)56)35-10-12-39(54)46-41(35)55/h7-9,11,22-24,26-27,29,35H,3-6,10,12-21,25H2,2H3,(H,46,54,55). The third-order valence-electron chi connectivity index (χ3n) is 12.4. The lowest BCUT2D eigenvalue weighted by Gasteiger charge is -2.40. The summed E-state index contributed by atoms with van der Waals surface area (Å²) in [5.41, 5.74) is 1.96. The average molecular weight is 823 g/mol. The average Bonchev–Trinajstić information content (AvgIpc) is 3.50. The Morgan fingerprint density at radius 2 is 1.63 bits per heavy atom. The summed E-state index contributed by atoms with van der Waals surface area (Å²) in [5.74, 6) is 0.392. The van der Waals surface area contributed by atoms with Crippen LogP contribution in [0.4, 0.5) is 17.2 Å². The van der Waals surface area contributed by atoms with Gasteiger partial charge in [0.05, 0.1) is 35.9 Å². The summed E-state index contributed by atoms with van der Waals surface area (Å²) in [6.45, 7) is 13.1. The zero-order valence-electron chi connectivity index (χ0n) is 33.0. The van der Waals surface area contributed by atoms with Gasteiger partial charge in [0.15, 0.2) is 11.6 Å². The second-order valence-corrected chi connectivity index (χ2v) is 16.5. The maximum absolute atomic E-state index is 13.5. The minimum atomic E-state index is -1.03. The van der Waals surface area contributed by atoms with E-state index >= 15 is 0 Å². The van der Waals surface area contributed by atoms with Gasteiger partial charge in [0, 0.05) is 70.4 Å². The Hall–Kier alpha value is -5.59. The number of hydrogen-bond acceptors (Lipinski definition) is 12. The predicted octanol–water partition coefficient (Wildman–Crippen LogP) is 5.34. The Kier molecular flexibility index (Phi) is 11.8. The number of piperazine rings is 1. The van der Waals surface area contributed by atoms with E-state index in [2.05, 4.69) is 35.1 Å². The molecule has 5 heterocycles. The van der Waals surface area contributed by atoms with Crippen molar-refractivity contribution in [3.8, 4) is 11.5 Å². The number of rotatable bonds is 11. The number of amides is 4. The van der Waals surface area contributed by atoms with Gasteiger partial charge in [-0.15, -0.1) is 10.2 Å². The number of halogens is 1. The quantitative estimate of drug-likeness (QED) is 0.151. The summed E-state index contributed by atoms with van der Waals surface area (Å²) in [5, 5.41) is 11.4. The molecule has 3 aromatic rings. The van der Waals surface area contributed by atoms with E-state index in [0.717, 1.165) is 101 Å². The molecule has 3 saturated heterocycles. The molecule has 1 saturated carbocycles. The number of carbonyl (C=O) groups excluding carboxylic acids is 5. The number of fused-ring (bicyclic) bond motifs is 1. The summed E-state index contributed by atoms with van der Waals surface area (Å²) in [6, 6.07) is 11.3. The molecule has 16 heteroatoms. The topological polar surface area (TPSA) is 159 Å². The summed E-state index contributed by atoms with van der Waals surface area (Å²) in [4.78, 5) is 75.6. The number of nitrogens with zero attached hydrogens (tertiary/aromatic N) is 7. The monoisotopic (exact) mass is 822 g/mol. The number of anilines is 2. The first-order valence-corrected chi connectivity index (χ1v) is 20.8. The SMILES string of the molecule is [C-]#[N+]c1ccc(OC2CCC(CC(=O)c3ccc(N4CCC(CN5CCN(c6cc(OC)c7c(c6)C(=O)N(C6CCC(=O)NC6=O)C7=O)CC5)CC4)nn3)CC2)cc1Cl. The smallest absolute Gasteiger partial charge is 0.266 e. The second-order valence-electron chi connectivity index (χ2n) is 16.1. The normalized spacial score (nSPS) is 22.9. The Morgan fingerprint density at radius 1 is 0.864 bits per heavy atom. The van der Waals surface area contributed by atoms with Crippen LogP contribution in [0.5, 0.6) is 11.5 Å². The van der Waals surface area contributed by atoms with Crippen molar-refractivity contribution in [2.24, 2.45) is 11.8 Å². The number of imide groups is 2. The Labute approximate surface area is 347 Å². The van der Waals surface area contributed by atoms with Crippen LogP contribution >= 0.6 is 11.6 Å². The molecule has 4 aliphatic heterocycles. The lowest BCUT2D eigenvalue weighted by Crippen LogP contribution is -2.54. The fourth-order valence-electron chi connectivity index (χ4n) is 9.09. The molecule has 15 nitrogen and oxygen atoms in total. The fraction of sp³-hybridized carbons (Fsp3) is 0.488. The number of carbonyl (C=O) groups is 5. The van der Waals surface area contributed by atoms with Crippen molar-refractivity contribution >= 4 is 58.2 Å². The molecule has 4 fully saturated rings. The number of ketones is 1. The van der Waals surface area contributed by atoms with Gasteiger partial charge in [-0.05, 0) is 87.1 Å². The van der Waals surface area contributed by atoms with Crippen molar-refractivity contribution in [2.45, 2.75) is 69.9 Å². The number of piperidine rings is 2. The largest absolute Gasteiger partial charge is 0.496 e. The van der Waals surface area contributed by atoms with Crippen molar-refractivity contribution in [1.82, 2.24) is 25.3 Å². The van der Waals surface area contributed by atoms with Crippen molar-refractivity contribution in [3.63, 3.8) is 0 Å². The van der Waals surface area contributed by atoms with Crippen LogP contribution in [0.1, 0.15) is 89.0 Å². The number of hydrogen-bond donors (Lipinski definition) is 1. The van der Waals surface area contributed by atoms with Crippen molar-refractivity contribution in [3.05, 3.63) is 75.7 Å². The van der Waals surface area contributed by atoms with E-state index in [1.165, 1.54) is 7.11 Å². The van der Waals surface area contributed by atoms with Gasteiger partial charge >= 0.3 is 0 Å². The van der Waals surface area contributed by atoms with Crippen molar-refractivity contribution < 1.29 is 33.4 Å². The van der Waals surface area contributed by atoms with Gasteiger partial charge in [-0.3, -0.25) is 39.1 Å². The van der Waals surface area contributed by atoms with E-state index in [9.17, 15) is 24.0 Å². The van der Waals surface area contributed by atoms with E-state index in [1.54, 1.807) is 36.4 Å². The molecule has 59 heavy (non-hydrogen) atoms. The van der Waals surface area contributed by atoms with E-state index in [4.69, 9.17) is 27.6 Å². The minimum absolute atomic E-state index is 0.0177. The number of Topliss-reactive ketones (excluding diaryl/α,β-unsaturated/α-hetero) is 1. The molecule has 0 radical (unpaired) electrons. The maximum Gasteiger partial charge on any atom is 0.266 e. The molecule has 2 aromatic carbocycles. The Bertz CT molecular complexity index is 2170. The maximum atomic E-state index is 13.5. The van der Waals surface area contributed by atoms with Gasteiger partial charge in [-0.1, -0.05) is 17.7 Å². The van der Waals surface area contributed by atoms with Gasteiger partial charge in [-0.2, -0.15) is 0 Å². The molecule has 8 rings (SSSR count). The van der Waals surface area contributed by atoms with Gasteiger partial charge in [-0.25, -0.2) is 4.85 Å². The summed E-state index contributed by atoms with van der Waals surface area (Å²) >= 11 is 6.17. The highest BCUT2D eigenvalue weighted by atomic mass is 35.5. The lowest BCUT2D eigenvalue weighted by atomic mass is 9.84. The summed E-state index contributed by atoms with van der Waals surface area (Å²) in [7, 11) is 1.46. The molecule has 0 spiro atoms. The molecule has 308 valence electrons. The number of ether oxygens (including phenoxy) is 2. The molecule has 1 atom stereocenters. The van der Waals surface area contributed by atoms with Gasteiger partial charge < -0.3 is 19.3 Å². The molecule has 4 amide bonds. The Morgan fingerprint density at radius 3 is 2.29 bits per heavy atom. The first-order valence-electron chi connectivity index (χ1n) is 20.4. The van der Waals surface area contributed by atoms with Crippen LogP contribution in [-0.4, -0.2) is 114 Å². The highest BCUT2D eigenvalue weighted by Crippen LogP contribution is 2.38. The molecule has 1 unspecified atom stereocenters. The number of aromatic nitrogens is 2. The van der Waals surface area contributed by atoms with Crippen molar-refractivity contribution in [2.75, 3.05) is 62.7 Å². The van der Waals surface area contributed by atoms with Crippen molar-refractivity contribution in [1.29, 1.82) is 0 Å². The van der Waals surface area contributed by atoms with Crippen LogP contribution < -0.4 is 24.6 Å². The van der Waals surface area contributed by atoms with Crippen LogP contribution in [0, 0.1) is 18.4 Å². The first-order chi connectivity index (χ1) is 28.6. The van der Waals surface area contributed by atoms with Crippen LogP contribution in [0.15, 0.2) is 42.5 Å². The van der Waals surface area contributed by atoms with E-state index in [0.29, 0.717) is 40.2 Å². The molecular weight excluding hydrogens is 776 g/mol. The highest BCUT2D eigenvalue weighted by molar-refractivity contribution is 6.33. The van der Waals surface area contributed by atoms with Gasteiger partial charge in [0.1, 0.15) is 23.2 Å². The summed E-state index contributed by atoms with van der Waals surface area (Å²) in [6.07, 6.45) is 6.20. The van der Waals surface area contributed by atoms with Gasteiger partial charge in [0.2, 0.25) is 17.5 Å². The molecule has 1 N–H and O–H groups in total. The zero-order chi connectivity index (χ0) is 41.2. The number of benzene rings is 2. The first kappa shape index (κ1) is 40.2. The fourth-order valence-corrected chi connectivity index (χ4v) is 9.31. The van der Waals surface area contributed by atoms with Crippen LogP contribution in [0.2, 0.25) is 5.02 Å². The summed E-state index contributed by atoms with van der Waals surface area (Å²) < 4.78 is 11.7. The molecule has 1 aliphatic carbocycles. The molecule has 5 aliphatic rings. The molecular formula is C43H47ClN8O7. The van der Waals surface area contributed by atoms with Crippen LogP contribution in [0.25, 0.3) is 4.85 Å². The lowest BCUT2D eigenvalue weighted by molar-refractivity contribution is -0.136. The molecule has 0 bridgehead atoms. The Balaban J connectivity index is 0.772. The third kappa shape index (κ3) is 8.60. The molecule has 1 aromatic heterocycles. The van der Waals surface area contributed by atoms with E-state index in [-0.39, 0.29) is 41.8 Å². The van der Waals surface area contributed by atoms with Crippen LogP contribution in [0.3, 0.4) is 0 Å².